The van der Waals surface area contributed by atoms with Crippen molar-refractivity contribution in [3.05, 3.63) is 34.6 Å². The van der Waals surface area contributed by atoms with Gasteiger partial charge in [0.2, 0.25) is 0 Å². The summed E-state index contributed by atoms with van der Waals surface area (Å²) in [6.07, 6.45) is 0.961. The van der Waals surface area contributed by atoms with E-state index in [1.54, 1.807) is 6.07 Å². The molecule has 2 atom stereocenters. The van der Waals surface area contributed by atoms with Crippen LogP contribution in [0.15, 0.2) is 18.2 Å². The molecule has 1 aromatic carbocycles. The van der Waals surface area contributed by atoms with Gasteiger partial charge in [0, 0.05) is 12.6 Å². The van der Waals surface area contributed by atoms with E-state index in [1.807, 2.05) is 6.07 Å². The molecule has 0 aliphatic carbocycles. The van der Waals surface area contributed by atoms with Crippen LogP contribution in [-0.2, 0) is 0 Å². The van der Waals surface area contributed by atoms with E-state index >= 15 is 0 Å². The van der Waals surface area contributed by atoms with Crippen molar-refractivity contribution in [1.29, 1.82) is 0 Å². The van der Waals surface area contributed by atoms with E-state index < -0.39 is 0 Å². The Hall–Kier alpha value is -0.640. The monoisotopic (exact) mass is 242 g/mol. The number of halogens is 2. The van der Waals surface area contributed by atoms with Crippen molar-refractivity contribution >= 4 is 11.6 Å². The molecule has 0 bridgehead atoms. The highest BCUT2D eigenvalue weighted by Crippen LogP contribution is 2.32. The summed E-state index contributed by atoms with van der Waals surface area (Å²) in [6, 6.07) is 5.17. The van der Waals surface area contributed by atoms with E-state index in [9.17, 15) is 4.39 Å². The van der Waals surface area contributed by atoms with E-state index in [4.69, 9.17) is 17.3 Å². The molecular formula is C12H16ClFN2. The highest BCUT2D eigenvalue weighted by Gasteiger charge is 2.31. The largest absolute Gasteiger partial charge is 0.326 e. The molecular weight excluding hydrogens is 227 g/mol. The summed E-state index contributed by atoms with van der Waals surface area (Å²) in [5, 5.41) is 0.165. The van der Waals surface area contributed by atoms with E-state index in [-0.39, 0.29) is 22.9 Å². The Morgan fingerprint density at radius 3 is 2.94 bits per heavy atom. The zero-order chi connectivity index (χ0) is 11.7. The van der Waals surface area contributed by atoms with Crippen molar-refractivity contribution in [2.45, 2.75) is 25.4 Å². The summed E-state index contributed by atoms with van der Waals surface area (Å²) in [5.41, 5.74) is 6.99. The van der Waals surface area contributed by atoms with Gasteiger partial charge >= 0.3 is 0 Å². The van der Waals surface area contributed by atoms with E-state index in [0.29, 0.717) is 0 Å². The summed E-state index contributed by atoms with van der Waals surface area (Å²) in [4.78, 5) is 2.27. The van der Waals surface area contributed by atoms with Crippen molar-refractivity contribution in [1.82, 2.24) is 4.90 Å². The van der Waals surface area contributed by atoms with Gasteiger partial charge in [-0.05, 0) is 30.7 Å². The van der Waals surface area contributed by atoms with Crippen LogP contribution in [-0.4, -0.2) is 24.0 Å². The molecule has 1 aromatic rings. The molecule has 2 rings (SSSR count). The van der Waals surface area contributed by atoms with Crippen molar-refractivity contribution < 1.29 is 4.39 Å². The first-order chi connectivity index (χ1) is 7.63. The van der Waals surface area contributed by atoms with Crippen LogP contribution in [0, 0.1) is 5.82 Å². The fraction of sp³-hybridized carbons (Fsp3) is 0.500. The highest BCUT2D eigenvalue weighted by atomic mass is 35.5. The lowest BCUT2D eigenvalue weighted by Gasteiger charge is -2.25. The lowest BCUT2D eigenvalue weighted by molar-refractivity contribution is 0.260. The van der Waals surface area contributed by atoms with Crippen LogP contribution in [0.25, 0.3) is 0 Å². The molecule has 88 valence electrons. The van der Waals surface area contributed by atoms with Crippen LogP contribution >= 0.6 is 11.6 Å². The first-order valence-corrected chi connectivity index (χ1v) is 5.96. The standard InChI is InChI=1S/C12H16ClFN2/c1-2-16-6-5-11(15)12(16)8-3-4-9(13)10(14)7-8/h3-4,7,11-12H,2,5-6,15H2,1H3/t11-,12-/m1/s1. The molecule has 0 radical (unpaired) electrons. The Kier molecular flexibility index (Phi) is 3.47. The molecule has 0 aromatic heterocycles. The van der Waals surface area contributed by atoms with Gasteiger partial charge in [-0.1, -0.05) is 24.6 Å². The van der Waals surface area contributed by atoms with Crippen LogP contribution < -0.4 is 5.73 Å². The van der Waals surface area contributed by atoms with Gasteiger partial charge in [0.05, 0.1) is 11.1 Å². The van der Waals surface area contributed by atoms with Gasteiger partial charge in [0.15, 0.2) is 0 Å². The summed E-state index contributed by atoms with van der Waals surface area (Å²) < 4.78 is 13.4. The van der Waals surface area contributed by atoms with Gasteiger partial charge < -0.3 is 5.73 Å². The lowest BCUT2D eigenvalue weighted by atomic mass is 10.0. The number of likely N-dealkylation sites (tertiary alicyclic amines) is 1. The van der Waals surface area contributed by atoms with Crippen molar-refractivity contribution in [3.63, 3.8) is 0 Å². The maximum atomic E-state index is 13.4. The number of hydrogen-bond donors (Lipinski definition) is 1. The number of hydrogen-bond acceptors (Lipinski definition) is 2. The van der Waals surface area contributed by atoms with Crippen molar-refractivity contribution in [3.8, 4) is 0 Å². The molecule has 1 fully saturated rings. The zero-order valence-corrected chi connectivity index (χ0v) is 10.0. The third-order valence-corrected chi connectivity index (χ3v) is 3.55. The predicted molar refractivity (Wildman–Crippen MR) is 64.0 cm³/mol. The summed E-state index contributed by atoms with van der Waals surface area (Å²) >= 11 is 5.67. The molecule has 1 aliphatic heterocycles. The van der Waals surface area contributed by atoms with Gasteiger partial charge in [-0.15, -0.1) is 0 Å². The fourth-order valence-electron chi connectivity index (χ4n) is 2.39. The highest BCUT2D eigenvalue weighted by molar-refractivity contribution is 6.30. The molecule has 16 heavy (non-hydrogen) atoms. The van der Waals surface area contributed by atoms with Crippen LogP contribution in [0.5, 0.6) is 0 Å². The fourth-order valence-corrected chi connectivity index (χ4v) is 2.51. The Morgan fingerprint density at radius 1 is 1.56 bits per heavy atom. The normalized spacial score (nSPS) is 26.2. The van der Waals surface area contributed by atoms with E-state index in [1.165, 1.54) is 6.07 Å². The average molecular weight is 243 g/mol. The van der Waals surface area contributed by atoms with Gasteiger partial charge in [-0.25, -0.2) is 4.39 Å². The number of nitrogens with two attached hydrogens (primary N) is 1. The van der Waals surface area contributed by atoms with Gasteiger partial charge in [0.1, 0.15) is 5.82 Å². The average Bonchev–Trinajstić information content (AvgIpc) is 2.64. The first kappa shape index (κ1) is 11.8. The summed E-state index contributed by atoms with van der Waals surface area (Å²) in [6.45, 7) is 4.01. The zero-order valence-electron chi connectivity index (χ0n) is 9.29. The summed E-state index contributed by atoms with van der Waals surface area (Å²) in [5.74, 6) is -0.366. The Bertz CT molecular complexity index is 383. The minimum absolute atomic E-state index is 0.0838. The number of rotatable bonds is 2. The molecule has 2 N–H and O–H groups in total. The molecule has 4 heteroatoms. The first-order valence-electron chi connectivity index (χ1n) is 5.58. The SMILES string of the molecule is CCN1CC[C@@H](N)[C@H]1c1ccc(Cl)c(F)c1. The number of likely N-dealkylation sites (N-methyl/N-ethyl adjacent to an activating group) is 1. The number of benzene rings is 1. The van der Waals surface area contributed by atoms with Crippen LogP contribution in [0.4, 0.5) is 4.39 Å². The summed E-state index contributed by atoms with van der Waals surface area (Å²) in [7, 11) is 0. The van der Waals surface area contributed by atoms with E-state index in [0.717, 1.165) is 25.1 Å². The minimum Gasteiger partial charge on any atom is -0.326 e. The minimum atomic E-state index is -0.366. The quantitative estimate of drug-likeness (QED) is 0.864. The van der Waals surface area contributed by atoms with Crippen LogP contribution in [0.1, 0.15) is 24.9 Å². The van der Waals surface area contributed by atoms with E-state index in [2.05, 4.69) is 11.8 Å². The third-order valence-electron chi connectivity index (χ3n) is 3.24. The molecule has 1 saturated heterocycles. The second-order valence-electron chi connectivity index (χ2n) is 4.20. The van der Waals surface area contributed by atoms with Gasteiger partial charge in [-0.3, -0.25) is 4.90 Å². The van der Waals surface area contributed by atoms with Crippen LogP contribution in [0.3, 0.4) is 0 Å². The topological polar surface area (TPSA) is 29.3 Å². The Morgan fingerprint density at radius 2 is 2.31 bits per heavy atom. The Balaban J connectivity index is 2.31. The molecule has 1 aliphatic rings. The van der Waals surface area contributed by atoms with Crippen LogP contribution in [0.2, 0.25) is 5.02 Å². The van der Waals surface area contributed by atoms with Gasteiger partial charge in [-0.2, -0.15) is 0 Å². The predicted octanol–water partition coefficient (Wildman–Crippen LogP) is 2.57. The Labute approximate surface area is 100 Å². The maximum Gasteiger partial charge on any atom is 0.142 e. The second-order valence-corrected chi connectivity index (χ2v) is 4.61. The third kappa shape index (κ3) is 2.08. The van der Waals surface area contributed by atoms with Crippen molar-refractivity contribution in [2.75, 3.05) is 13.1 Å². The molecule has 0 unspecified atom stereocenters. The smallest absolute Gasteiger partial charge is 0.142 e. The molecule has 2 nitrogen and oxygen atoms in total. The molecule has 0 amide bonds. The number of nitrogens with zero attached hydrogens (tertiary/aromatic N) is 1. The maximum absolute atomic E-state index is 13.4. The lowest BCUT2D eigenvalue weighted by Crippen LogP contribution is -2.31. The molecule has 0 saturated carbocycles. The second kappa shape index (κ2) is 4.70. The molecule has 1 heterocycles. The van der Waals surface area contributed by atoms with Gasteiger partial charge in [0.25, 0.3) is 0 Å². The molecule has 0 spiro atoms. The van der Waals surface area contributed by atoms with Crippen molar-refractivity contribution in [2.24, 2.45) is 5.73 Å².